The summed E-state index contributed by atoms with van der Waals surface area (Å²) in [6.07, 6.45) is 2.09. The zero-order valence-electron chi connectivity index (χ0n) is 9.45. The zero-order chi connectivity index (χ0) is 11.7. The first-order chi connectivity index (χ1) is 7.59. The number of hydrogen-bond acceptors (Lipinski definition) is 1. The van der Waals surface area contributed by atoms with Crippen molar-refractivity contribution in [2.24, 2.45) is 0 Å². The third-order valence-electron chi connectivity index (χ3n) is 2.97. The molecule has 3 nitrogen and oxygen atoms in total. The molecule has 0 amide bonds. The fraction of sp³-hybridized carbons (Fsp3) is 0.308. The molecule has 1 aromatic heterocycles. The molecule has 0 bridgehead atoms. The maximum atomic E-state index is 10.7. The molecule has 0 radical (unpaired) electrons. The van der Waals surface area contributed by atoms with Crippen molar-refractivity contribution in [2.45, 2.75) is 26.2 Å². The van der Waals surface area contributed by atoms with E-state index in [0.29, 0.717) is 0 Å². The third-order valence-corrected chi connectivity index (χ3v) is 2.97. The average molecular weight is 217 g/mol. The van der Waals surface area contributed by atoms with Gasteiger partial charge in [-0.3, -0.25) is 4.79 Å². The van der Waals surface area contributed by atoms with Crippen LogP contribution in [-0.4, -0.2) is 16.1 Å². The molecule has 84 valence electrons. The number of H-pyrrole nitrogens is 1. The second-order valence-electron chi connectivity index (χ2n) is 4.24. The van der Waals surface area contributed by atoms with Crippen molar-refractivity contribution >= 4 is 16.9 Å². The Morgan fingerprint density at radius 1 is 1.50 bits per heavy atom. The summed E-state index contributed by atoms with van der Waals surface area (Å²) in [5.41, 5.74) is 3.38. The molecule has 0 fully saturated rings. The van der Waals surface area contributed by atoms with Crippen LogP contribution in [0, 0.1) is 6.92 Å². The number of aryl methyl sites for hydroxylation is 1. The Hall–Kier alpha value is -1.77. The quantitative estimate of drug-likeness (QED) is 0.830. The number of aromatic nitrogens is 1. The van der Waals surface area contributed by atoms with Gasteiger partial charge in [0.05, 0.1) is 6.42 Å². The predicted octanol–water partition coefficient (Wildman–Crippen LogP) is 3.05. The summed E-state index contributed by atoms with van der Waals surface area (Å²) in [5.74, 6) is -0.720. The number of aromatic amines is 1. The van der Waals surface area contributed by atoms with Gasteiger partial charge in [-0.1, -0.05) is 25.1 Å². The molecule has 0 saturated heterocycles. The van der Waals surface area contributed by atoms with Crippen LogP contribution < -0.4 is 0 Å². The van der Waals surface area contributed by atoms with Gasteiger partial charge in [0.15, 0.2) is 0 Å². The topological polar surface area (TPSA) is 53.1 Å². The van der Waals surface area contributed by atoms with E-state index in [0.717, 1.165) is 16.5 Å². The summed E-state index contributed by atoms with van der Waals surface area (Å²) in [6.45, 7) is 3.99. The average Bonchev–Trinajstić information content (AvgIpc) is 2.61. The Labute approximate surface area is 94.1 Å². The SMILES string of the molecule is Cc1cccc2c([C@@H](C)CC(=O)O)c[nH]c12. The molecule has 0 spiro atoms. The second kappa shape index (κ2) is 4.00. The van der Waals surface area contributed by atoms with E-state index >= 15 is 0 Å². The third kappa shape index (κ3) is 1.81. The first-order valence-corrected chi connectivity index (χ1v) is 5.38. The number of para-hydroxylation sites is 1. The highest BCUT2D eigenvalue weighted by atomic mass is 16.4. The molecule has 0 aliphatic heterocycles. The van der Waals surface area contributed by atoms with Gasteiger partial charge < -0.3 is 10.1 Å². The standard InChI is InChI=1S/C13H15NO2/c1-8-4-3-5-10-11(7-14-13(8)10)9(2)6-12(15)16/h3-5,7,9,14H,6H2,1-2H3,(H,15,16)/t9-/m0/s1. The Morgan fingerprint density at radius 2 is 2.25 bits per heavy atom. The summed E-state index contributed by atoms with van der Waals surface area (Å²) in [5, 5.41) is 9.93. The minimum absolute atomic E-state index is 0.0352. The molecule has 1 atom stereocenters. The Balaban J connectivity index is 2.46. The highest BCUT2D eigenvalue weighted by Crippen LogP contribution is 2.28. The van der Waals surface area contributed by atoms with E-state index in [4.69, 9.17) is 5.11 Å². The minimum atomic E-state index is -0.755. The van der Waals surface area contributed by atoms with E-state index < -0.39 is 5.97 Å². The molecule has 0 saturated carbocycles. The van der Waals surface area contributed by atoms with Gasteiger partial charge in [0.25, 0.3) is 0 Å². The van der Waals surface area contributed by atoms with Crippen molar-refractivity contribution in [1.82, 2.24) is 4.98 Å². The van der Waals surface area contributed by atoms with Gasteiger partial charge in [0.2, 0.25) is 0 Å². The van der Waals surface area contributed by atoms with Crippen molar-refractivity contribution in [3.05, 3.63) is 35.5 Å². The van der Waals surface area contributed by atoms with Gasteiger partial charge >= 0.3 is 5.97 Å². The van der Waals surface area contributed by atoms with Gasteiger partial charge in [-0.05, 0) is 24.0 Å². The summed E-state index contributed by atoms with van der Waals surface area (Å²) < 4.78 is 0. The van der Waals surface area contributed by atoms with Gasteiger partial charge in [0, 0.05) is 17.1 Å². The molecule has 0 aliphatic carbocycles. The molecular formula is C13H15NO2. The first kappa shape index (κ1) is 10.7. The normalized spacial score (nSPS) is 12.9. The van der Waals surface area contributed by atoms with Gasteiger partial charge in [-0.2, -0.15) is 0 Å². The van der Waals surface area contributed by atoms with Crippen LogP contribution in [0.4, 0.5) is 0 Å². The van der Waals surface area contributed by atoms with Crippen LogP contribution in [0.2, 0.25) is 0 Å². The van der Waals surface area contributed by atoms with E-state index in [1.165, 1.54) is 5.56 Å². The highest BCUT2D eigenvalue weighted by molar-refractivity contribution is 5.86. The predicted molar refractivity (Wildman–Crippen MR) is 63.7 cm³/mol. The monoisotopic (exact) mass is 217 g/mol. The number of aliphatic carboxylic acids is 1. The molecule has 2 N–H and O–H groups in total. The van der Waals surface area contributed by atoms with Gasteiger partial charge in [-0.25, -0.2) is 0 Å². The van der Waals surface area contributed by atoms with E-state index in [-0.39, 0.29) is 12.3 Å². The van der Waals surface area contributed by atoms with E-state index in [9.17, 15) is 4.79 Å². The largest absolute Gasteiger partial charge is 0.481 e. The van der Waals surface area contributed by atoms with E-state index in [1.54, 1.807) is 0 Å². The molecule has 0 unspecified atom stereocenters. The van der Waals surface area contributed by atoms with Crippen molar-refractivity contribution < 1.29 is 9.90 Å². The lowest BCUT2D eigenvalue weighted by Gasteiger charge is -2.07. The second-order valence-corrected chi connectivity index (χ2v) is 4.24. The lowest BCUT2D eigenvalue weighted by atomic mass is 9.97. The fourth-order valence-corrected chi connectivity index (χ4v) is 2.11. The number of fused-ring (bicyclic) bond motifs is 1. The molecule has 1 aromatic carbocycles. The summed E-state index contributed by atoms with van der Waals surface area (Å²) in [4.78, 5) is 13.9. The molecule has 3 heteroatoms. The zero-order valence-corrected chi connectivity index (χ0v) is 9.45. The number of nitrogens with one attached hydrogen (secondary N) is 1. The van der Waals surface area contributed by atoms with Crippen LogP contribution in [0.15, 0.2) is 24.4 Å². The lowest BCUT2D eigenvalue weighted by Crippen LogP contribution is -2.02. The maximum absolute atomic E-state index is 10.7. The number of carbonyl (C=O) groups is 1. The lowest BCUT2D eigenvalue weighted by molar-refractivity contribution is -0.137. The maximum Gasteiger partial charge on any atom is 0.303 e. The van der Waals surface area contributed by atoms with E-state index in [1.807, 2.05) is 38.2 Å². The van der Waals surface area contributed by atoms with Crippen LogP contribution in [0.25, 0.3) is 10.9 Å². The van der Waals surface area contributed by atoms with Crippen LogP contribution in [0.3, 0.4) is 0 Å². The molecular weight excluding hydrogens is 202 g/mol. The number of carboxylic acids is 1. The van der Waals surface area contributed by atoms with Crippen molar-refractivity contribution in [3.8, 4) is 0 Å². The fourth-order valence-electron chi connectivity index (χ4n) is 2.11. The number of carboxylic acid groups (broad SMARTS) is 1. The van der Waals surface area contributed by atoms with Crippen molar-refractivity contribution in [3.63, 3.8) is 0 Å². The first-order valence-electron chi connectivity index (χ1n) is 5.38. The Morgan fingerprint density at radius 3 is 2.94 bits per heavy atom. The van der Waals surface area contributed by atoms with Gasteiger partial charge in [-0.15, -0.1) is 0 Å². The van der Waals surface area contributed by atoms with Crippen LogP contribution in [0.5, 0.6) is 0 Å². The van der Waals surface area contributed by atoms with E-state index in [2.05, 4.69) is 4.98 Å². The summed E-state index contributed by atoms with van der Waals surface area (Å²) in [7, 11) is 0. The Kier molecular flexibility index (Phi) is 2.69. The van der Waals surface area contributed by atoms with Crippen LogP contribution >= 0.6 is 0 Å². The molecule has 16 heavy (non-hydrogen) atoms. The molecule has 0 aliphatic rings. The smallest absolute Gasteiger partial charge is 0.303 e. The van der Waals surface area contributed by atoms with Crippen LogP contribution in [-0.2, 0) is 4.79 Å². The van der Waals surface area contributed by atoms with Gasteiger partial charge in [0.1, 0.15) is 0 Å². The summed E-state index contributed by atoms with van der Waals surface area (Å²) in [6, 6.07) is 6.08. The minimum Gasteiger partial charge on any atom is -0.481 e. The van der Waals surface area contributed by atoms with Crippen molar-refractivity contribution in [2.75, 3.05) is 0 Å². The highest BCUT2D eigenvalue weighted by Gasteiger charge is 2.14. The Bertz CT molecular complexity index is 528. The number of benzene rings is 1. The van der Waals surface area contributed by atoms with Crippen LogP contribution in [0.1, 0.15) is 30.4 Å². The molecule has 1 heterocycles. The van der Waals surface area contributed by atoms with Crippen molar-refractivity contribution in [1.29, 1.82) is 0 Å². The molecule has 2 rings (SSSR count). The number of rotatable bonds is 3. The summed E-state index contributed by atoms with van der Waals surface area (Å²) >= 11 is 0. The number of hydrogen-bond donors (Lipinski definition) is 2. The molecule has 2 aromatic rings.